The van der Waals surface area contributed by atoms with Crippen LogP contribution in [0.4, 0.5) is 0 Å². The quantitative estimate of drug-likeness (QED) is 0.500. The Kier molecular flexibility index (Phi) is 6.90. The van der Waals surface area contributed by atoms with Gasteiger partial charge in [-0.25, -0.2) is 0 Å². The number of rotatable bonds is 8. The minimum Gasteiger partial charge on any atom is -0.488 e. The summed E-state index contributed by atoms with van der Waals surface area (Å²) in [5.74, 6) is 0.350. The van der Waals surface area contributed by atoms with Gasteiger partial charge >= 0.3 is 0 Å². The lowest BCUT2D eigenvalue weighted by molar-refractivity contribution is 0.0934. The van der Waals surface area contributed by atoms with Crippen molar-refractivity contribution in [1.82, 2.24) is 10.5 Å². The van der Waals surface area contributed by atoms with Crippen molar-refractivity contribution in [2.45, 2.75) is 47.1 Å². The van der Waals surface area contributed by atoms with Crippen LogP contribution >= 0.6 is 0 Å². The molecule has 3 aromatic rings. The zero-order valence-corrected chi connectivity index (χ0v) is 18.6. The number of aromatic nitrogens is 1. The molecule has 0 aliphatic heterocycles. The van der Waals surface area contributed by atoms with Crippen LogP contribution in [0.5, 0.6) is 5.75 Å². The largest absolute Gasteiger partial charge is 0.488 e. The number of Topliss-reactive ketones (excluding diaryl/α,β-unsaturated/α-hetero) is 1. The number of aryl methyl sites for hydroxylation is 1. The number of carbonyl (C=O) groups is 2. The van der Waals surface area contributed by atoms with E-state index in [-0.39, 0.29) is 28.7 Å². The van der Waals surface area contributed by atoms with Crippen molar-refractivity contribution in [3.8, 4) is 17.1 Å². The third-order valence-electron chi connectivity index (χ3n) is 5.07. The van der Waals surface area contributed by atoms with Gasteiger partial charge in [-0.05, 0) is 55.5 Å². The van der Waals surface area contributed by atoms with E-state index in [1.807, 2.05) is 49.4 Å². The molecule has 1 N–H and O–H groups in total. The summed E-state index contributed by atoms with van der Waals surface area (Å²) in [4.78, 5) is 24.9. The van der Waals surface area contributed by atoms with Gasteiger partial charge < -0.3 is 14.6 Å². The molecule has 1 aromatic heterocycles. The molecule has 0 atom stereocenters. The molecule has 3 rings (SSSR count). The number of carbonyl (C=O) groups excluding carboxylic acids is 2. The molecule has 0 radical (unpaired) electrons. The van der Waals surface area contributed by atoms with E-state index in [0.717, 1.165) is 16.7 Å². The maximum atomic E-state index is 12.5. The van der Waals surface area contributed by atoms with E-state index < -0.39 is 5.91 Å². The summed E-state index contributed by atoms with van der Waals surface area (Å²) in [7, 11) is 0. The Hall–Kier alpha value is -3.41. The first-order chi connectivity index (χ1) is 14.8. The van der Waals surface area contributed by atoms with Crippen molar-refractivity contribution in [2.75, 3.05) is 6.54 Å². The van der Waals surface area contributed by atoms with Crippen molar-refractivity contribution < 1.29 is 18.8 Å². The zero-order valence-electron chi connectivity index (χ0n) is 18.6. The van der Waals surface area contributed by atoms with Gasteiger partial charge in [-0.15, -0.1) is 0 Å². The van der Waals surface area contributed by atoms with E-state index in [4.69, 9.17) is 9.26 Å². The Morgan fingerprint density at radius 3 is 2.48 bits per heavy atom. The van der Waals surface area contributed by atoms with Gasteiger partial charge in [-0.2, -0.15) is 0 Å². The topological polar surface area (TPSA) is 81.4 Å². The van der Waals surface area contributed by atoms with Gasteiger partial charge in [0.2, 0.25) is 0 Å². The van der Waals surface area contributed by atoms with Crippen LogP contribution in [0.15, 0.2) is 47.0 Å². The Morgan fingerprint density at radius 1 is 1.16 bits per heavy atom. The highest BCUT2D eigenvalue weighted by Crippen LogP contribution is 2.38. The second kappa shape index (κ2) is 9.60. The fraction of sp³-hybridized carbons (Fsp3) is 0.320. The summed E-state index contributed by atoms with van der Waals surface area (Å²) < 4.78 is 11.7. The maximum absolute atomic E-state index is 12.5. The SMILES string of the molecule is CCNC(=O)c1noc(-c2cc(C(C)C)c(C)cc2OCc2ccccc2)c1C(C)=O. The average molecular weight is 421 g/mol. The summed E-state index contributed by atoms with van der Waals surface area (Å²) in [6.07, 6.45) is 0. The first-order valence-electron chi connectivity index (χ1n) is 10.4. The lowest BCUT2D eigenvalue weighted by Crippen LogP contribution is -2.24. The van der Waals surface area contributed by atoms with Crippen LogP contribution < -0.4 is 10.1 Å². The van der Waals surface area contributed by atoms with Crippen LogP contribution in [-0.2, 0) is 6.61 Å². The van der Waals surface area contributed by atoms with Gasteiger partial charge in [0.05, 0.1) is 11.1 Å². The minimum atomic E-state index is -0.439. The van der Waals surface area contributed by atoms with Gasteiger partial charge in [0, 0.05) is 6.54 Å². The Morgan fingerprint density at radius 2 is 1.87 bits per heavy atom. The van der Waals surface area contributed by atoms with Crippen molar-refractivity contribution in [3.05, 3.63) is 70.4 Å². The minimum absolute atomic E-state index is 0.00923. The molecule has 0 saturated heterocycles. The highest BCUT2D eigenvalue weighted by Gasteiger charge is 2.28. The Labute approximate surface area is 182 Å². The molecular formula is C25H28N2O4. The Bertz CT molecular complexity index is 1080. The number of ether oxygens (including phenoxy) is 1. The second-order valence-corrected chi connectivity index (χ2v) is 7.78. The molecule has 1 heterocycles. The molecule has 31 heavy (non-hydrogen) atoms. The molecule has 6 heteroatoms. The predicted molar refractivity (Wildman–Crippen MR) is 120 cm³/mol. The smallest absolute Gasteiger partial charge is 0.274 e. The highest BCUT2D eigenvalue weighted by atomic mass is 16.5. The predicted octanol–water partition coefficient (Wildman–Crippen LogP) is 5.30. The number of benzene rings is 2. The number of hydrogen-bond acceptors (Lipinski definition) is 5. The fourth-order valence-electron chi connectivity index (χ4n) is 3.55. The molecule has 6 nitrogen and oxygen atoms in total. The summed E-state index contributed by atoms with van der Waals surface area (Å²) in [5, 5.41) is 6.60. The molecule has 1 amide bonds. The van der Waals surface area contributed by atoms with Crippen molar-refractivity contribution >= 4 is 11.7 Å². The van der Waals surface area contributed by atoms with E-state index in [1.165, 1.54) is 6.92 Å². The molecule has 0 aliphatic carbocycles. The van der Waals surface area contributed by atoms with Gasteiger partial charge in [0.25, 0.3) is 5.91 Å². The molecular weight excluding hydrogens is 392 g/mol. The molecule has 0 aliphatic rings. The molecule has 0 spiro atoms. The second-order valence-electron chi connectivity index (χ2n) is 7.78. The number of nitrogens with zero attached hydrogens (tertiary/aromatic N) is 1. The van der Waals surface area contributed by atoms with Crippen LogP contribution in [0.2, 0.25) is 0 Å². The molecule has 162 valence electrons. The summed E-state index contributed by atoms with van der Waals surface area (Å²) in [6.45, 7) is 10.2. The van der Waals surface area contributed by atoms with Gasteiger partial charge in [-0.1, -0.05) is 49.3 Å². The van der Waals surface area contributed by atoms with Crippen molar-refractivity contribution in [1.29, 1.82) is 0 Å². The molecule has 0 saturated carbocycles. The average Bonchev–Trinajstić information content (AvgIpc) is 3.18. The zero-order chi connectivity index (χ0) is 22.5. The molecule has 0 fully saturated rings. The van der Waals surface area contributed by atoms with Crippen molar-refractivity contribution in [2.24, 2.45) is 0 Å². The van der Waals surface area contributed by atoms with E-state index in [9.17, 15) is 9.59 Å². The third-order valence-corrected chi connectivity index (χ3v) is 5.07. The normalized spacial score (nSPS) is 10.9. The Balaban J connectivity index is 2.13. The molecule has 0 unspecified atom stereocenters. The van der Waals surface area contributed by atoms with Crippen LogP contribution in [-0.4, -0.2) is 23.4 Å². The first-order valence-corrected chi connectivity index (χ1v) is 10.4. The van der Waals surface area contributed by atoms with Crippen LogP contribution in [0.25, 0.3) is 11.3 Å². The highest BCUT2D eigenvalue weighted by molar-refractivity contribution is 6.09. The van der Waals surface area contributed by atoms with Crippen LogP contribution in [0, 0.1) is 6.92 Å². The number of hydrogen-bond donors (Lipinski definition) is 1. The number of ketones is 1. The molecule has 2 aromatic carbocycles. The number of nitrogens with one attached hydrogen (secondary N) is 1. The lowest BCUT2D eigenvalue weighted by atomic mass is 9.92. The number of amides is 1. The van der Waals surface area contributed by atoms with E-state index >= 15 is 0 Å². The first kappa shape index (κ1) is 22.3. The third kappa shape index (κ3) is 4.85. The standard InChI is InChI=1S/C25H28N2O4/c1-6-26-25(29)23-22(17(5)28)24(31-27-23)20-13-19(15(2)3)16(4)12-21(20)30-14-18-10-8-7-9-11-18/h7-13,15H,6,14H2,1-5H3,(H,26,29). The van der Waals surface area contributed by atoms with Crippen LogP contribution in [0.1, 0.15) is 71.1 Å². The van der Waals surface area contributed by atoms with E-state index in [0.29, 0.717) is 24.5 Å². The summed E-state index contributed by atoms with van der Waals surface area (Å²) >= 11 is 0. The molecule has 0 bridgehead atoms. The monoisotopic (exact) mass is 420 g/mol. The van der Waals surface area contributed by atoms with Gasteiger partial charge in [0.1, 0.15) is 12.4 Å². The van der Waals surface area contributed by atoms with Crippen LogP contribution in [0.3, 0.4) is 0 Å². The fourth-order valence-corrected chi connectivity index (χ4v) is 3.55. The van der Waals surface area contributed by atoms with Gasteiger partial charge in [-0.3, -0.25) is 9.59 Å². The lowest BCUT2D eigenvalue weighted by Gasteiger charge is -2.17. The summed E-state index contributed by atoms with van der Waals surface area (Å²) in [6, 6.07) is 13.7. The van der Waals surface area contributed by atoms with E-state index in [2.05, 4.69) is 24.3 Å². The maximum Gasteiger partial charge on any atom is 0.274 e. The summed E-state index contributed by atoms with van der Waals surface area (Å²) in [5.41, 5.74) is 3.96. The van der Waals surface area contributed by atoms with Crippen molar-refractivity contribution in [3.63, 3.8) is 0 Å². The van der Waals surface area contributed by atoms with Gasteiger partial charge in [0.15, 0.2) is 17.2 Å². The van der Waals surface area contributed by atoms with E-state index in [1.54, 1.807) is 6.92 Å².